The van der Waals surface area contributed by atoms with Crippen LogP contribution in [0.3, 0.4) is 0 Å². The average Bonchev–Trinajstić information content (AvgIpc) is 2.00. The Morgan fingerprint density at radius 3 is 2.00 bits per heavy atom. The predicted molar refractivity (Wildman–Crippen MR) is 45.2 cm³/mol. The lowest BCUT2D eigenvalue weighted by atomic mass is 10.3. The van der Waals surface area contributed by atoms with Crippen LogP contribution in [0.25, 0.3) is 0 Å². The van der Waals surface area contributed by atoms with Crippen LogP contribution in [0.5, 0.6) is 0 Å². The Morgan fingerprint density at radius 2 is 1.90 bits per heavy atom. The number of rotatable bonds is 5. The summed E-state index contributed by atoms with van der Waals surface area (Å²) < 4.78 is 10.4. The van der Waals surface area contributed by atoms with Crippen molar-refractivity contribution in [2.24, 2.45) is 0 Å². The van der Waals surface area contributed by atoms with Gasteiger partial charge in [0.1, 0.15) is 0 Å². The molecule has 0 fully saturated rings. The van der Waals surface area contributed by atoms with Gasteiger partial charge in [-0.15, -0.1) is 0 Å². The van der Waals surface area contributed by atoms with Gasteiger partial charge in [0.2, 0.25) is 0 Å². The topological polar surface area (TPSA) is 18.5 Å². The fraction of sp³-hybridized carbons (Fsp3) is 0.857. The van der Waals surface area contributed by atoms with Gasteiger partial charge in [-0.05, 0) is 12.0 Å². The second-order valence-corrected chi connectivity index (χ2v) is 4.92. The lowest BCUT2D eigenvalue weighted by Crippen LogP contribution is -2.25. The zero-order chi connectivity index (χ0) is 7.98. The first-order valence-corrected chi connectivity index (χ1v) is 5.25. The van der Waals surface area contributed by atoms with Crippen LogP contribution in [0.2, 0.25) is 5.54 Å². The largest absolute Gasteiger partial charge is 0.400 e. The molecular weight excluding hydrogens is 144 g/mol. The molecule has 0 aliphatic carbocycles. The number of hydrogen-bond donors (Lipinski definition) is 0. The van der Waals surface area contributed by atoms with E-state index in [0.29, 0.717) is 5.54 Å². The molecule has 0 aromatic heterocycles. The summed E-state index contributed by atoms with van der Waals surface area (Å²) in [4.78, 5) is 0. The van der Waals surface area contributed by atoms with Gasteiger partial charge in [-0.1, -0.05) is 20.3 Å². The average molecular weight is 161 g/mol. The maximum absolute atomic E-state index is 5.22. The van der Waals surface area contributed by atoms with Crippen molar-refractivity contribution < 1.29 is 8.85 Å². The van der Waals surface area contributed by atoms with Gasteiger partial charge in [0.15, 0.2) is 0 Å². The first-order valence-electron chi connectivity index (χ1n) is 3.64. The molecule has 0 saturated heterocycles. The first kappa shape index (κ1) is 10.1. The van der Waals surface area contributed by atoms with Gasteiger partial charge in [-0.3, -0.25) is 0 Å². The van der Waals surface area contributed by atoms with Crippen molar-refractivity contribution in [3.05, 3.63) is 6.92 Å². The third-order valence-corrected chi connectivity index (χ3v) is 4.25. The molecule has 0 bridgehead atoms. The summed E-state index contributed by atoms with van der Waals surface area (Å²) >= 11 is 0. The molecule has 0 heterocycles. The predicted octanol–water partition coefficient (Wildman–Crippen LogP) is 1.50. The monoisotopic (exact) mass is 161 g/mol. The van der Waals surface area contributed by atoms with Crippen LogP contribution in [0, 0.1) is 6.92 Å². The van der Waals surface area contributed by atoms with Crippen molar-refractivity contribution in [3.8, 4) is 0 Å². The standard InChI is InChI=1S/C7H17O2Si/c1-5-7(6-2)10(8-3)9-4/h7,10H,1,5-6H2,2-4H3. The van der Waals surface area contributed by atoms with Crippen molar-refractivity contribution in [1.82, 2.24) is 0 Å². The molecule has 0 spiro atoms. The minimum atomic E-state index is -1.37. The molecule has 61 valence electrons. The first-order chi connectivity index (χ1) is 4.79. The van der Waals surface area contributed by atoms with Crippen LogP contribution in [-0.2, 0) is 8.85 Å². The van der Waals surface area contributed by atoms with Gasteiger partial charge in [0, 0.05) is 14.2 Å². The van der Waals surface area contributed by atoms with Gasteiger partial charge in [0.25, 0.3) is 0 Å². The third-order valence-electron chi connectivity index (χ3n) is 1.74. The van der Waals surface area contributed by atoms with Crippen molar-refractivity contribution in [2.75, 3.05) is 14.2 Å². The Bertz CT molecular complexity index is 60.0. The lowest BCUT2D eigenvalue weighted by molar-refractivity contribution is 0.263. The Morgan fingerprint density at radius 1 is 1.40 bits per heavy atom. The van der Waals surface area contributed by atoms with Crippen LogP contribution in [0.4, 0.5) is 0 Å². The fourth-order valence-corrected chi connectivity index (χ4v) is 2.63. The molecule has 0 aromatic rings. The summed E-state index contributed by atoms with van der Waals surface area (Å²) in [7, 11) is 2.07. The lowest BCUT2D eigenvalue weighted by Gasteiger charge is -2.19. The van der Waals surface area contributed by atoms with Gasteiger partial charge in [-0.25, -0.2) is 0 Å². The zero-order valence-corrected chi connectivity index (χ0v) is 8.25. The van der Waals surface area contributed by atoms with Crippen molar-refractivity contribution in [2.45, 2.75) is 25.3 Å². The van der Waals surface area contributed by atoms with Crippen molar-refractivity contribution in [3.63, 3.8) is 0 Å². The van der Waals surface area contributed by atoms with E-state index in [-0.39, 0.29) is 0 Å². The smallest absolute Gasteiger partial charge is 0.324 e. The maximum atomic E-state index is 5.22. The SMILES string of the molecule is [CH2]CC(CC)[SiH](OC)OC. The molecule has 0 rings (SSSR count). The highest BCUT2D eigenvalue weighted by Crippen LogP contribution is 2.19. The highest BCUT2D eigenvalue weighted by atomic mass is 28.3. The normalized spacial score (nSPS) is 11.4. The van der Waals surface area contributed by atoms with Gasteiger partial charge < -0.3 is 8.85 Å². The van der Waals surface area contributed by atoms with E-state index >= 15 is 0 Å². The molecule has 10 heavy (non-hydrogen) atoms. The van der Waals surface area contributed by atoms with Crippen LogP contribution in [0.1, 0.15) is 19.8 Å². The molecule has 1 radical (unpaired) electrons. The molecule has 3 heteroatoms. The van der Waals surface area contributed by atoms with Crippen LogP contribution in [-0.4, -0.2) is 23.5 Å². The third kappa shape index (κ3) is 2.81. The second kappa shape index (κ2) is 5.89. The van der Waals surface area contributed by atoms with Crippen molar-refractivity contribution in [1.29, 1.82) is 0 Å². The van der Waals surface area contributed by atoms with E-state index in [4.69, 9.17) is 8.85 Å². The Hall–Kier alpha value is 0.137. The van der Waals surface area contributed by atoms with Gasteiger partial charge >= 0.3 is 9.28 Å². The second-order valence-electron chi connectivity index (χ2n) is 2.30. The van der Waals surface area contributed by atoms with E-state index in [2.05, 4.69) is 13.8 Å². The quantitative estimate of drug-likeness (QED) is 0.569. The summed E-state index contributed by atoms with van der Waals surface area (Å²) in [6, 6.07) is 0. The van der Waals surface area contributed by atoms with Crippen LogP contribution < -0.4 is 0 Å². The molecule has 0 aliphatic heterocycles. The van der Waals surface area contributed by atoms with E-state index in [1.807, 2.05) is 0 Å². The molecule has 1 unspecified atom stereocenters. The Balaban J connectivity index is 3.70. The van der Waals surface area contributed by atoms with E-state index < -0.39 is 9.28 Å². The zero-order valence-electron chi connectivity index (χ0n) is 7.09. The van der Waals surface area contributed by atoms with Gasteiger partial charge in [0.05, 0.1) is 0 Å². The highest BCUT2D eigenvalue weighted by Gasteiger charge is 2.20. The number of hydrogen-bond acceptors (Lipinski definition) is 2. The Kier molecular flexibility index (Phi) is 5.97. The summed E-state index contributed by atoms with van der Waals surface area (Å²) in [5.74, 6) is 0. The molecule has 1 atom stereocenters. The minimum Gasteiger partial charge on any atom is -0.400 e. The molecule has 0 N–H and O–H groups in total. The summed E-state index contributed by atoms with van der Waals surface area (Å²) in [5, 5.41) is 0. The molecule has 0 aliphatic rings. The molecule has 2 nitrogen and oxygen atoms in total. The molecular formula is C7H17O2Si. The molecule has 0 aromatic carbocycles. The van der Waals surface area contributed by atoms with Crippen LogP contribution >= 0.6 is 0 Å². The van der Waals surface area contributed by atoms with E-state index in [9.17, 15) is 0 Å². The summed E-state index contributed by atoms with van der Waals surface area (Å²) in [6.45, 7) is 6.00. The van der Waals surface area contributed by atoms with Gasteiger partial charge in [-0.2, -0.15) is 0 Å². The van der Waals surface area contributed by atoms with E-state index in [0.717, 1.165) is 12.8 Å². The van der Waals surface area contributed by atoms with E-state index in [1.54, 1.807) is 14.2 Å². The van der Waals surface area contributed by atoms with Crippen molar-refractivity contribution >= 4 is 9.28 Å². The van der Waals surface area contributed by atoms with Crippen LogP contribution in [0.15, 0.2) is 0 Å². The van der Waals surface area contributed by atoms with E-state index in [1.165, 1.54) is 0 Å². The Labute approximate surface area is 65.4 Å². The molecule has 0 amide bonds. The maximum Gasteiger partial charge on any atom is 0.324 e. The minimum absolute atomic E-state index is 0.565. The molecule has 0 saturated carbocycles. The summed E-state index contributed by atoms with van der Waals surface area (Å²) in [5.41, 5.74) is 0.565. The summed E-state index contributed by atoms with van der Waals surface area (Å²) in [6.07, 6.45) is 2.04. The highest BCUT2D eigenvalue weighted by molar-refractivity contribution is 6.46. The fourth-order valence-electron chi connectivity index (χ4n) is 1.01.